The zero-order valence-corrected chi connectivity index (χ0v) is 64.6. The molecule has 2 heterocycles. The molecule has 0 aliphatic heterocycles. The highest BCUT2D eigenvalue weighted by Gasteiger charge is 2.23. The highest BCUT2D eigenvalue weighted by molar-refractivity contribution is 6.25. The van der Waals surface area contributed by atoms with Crippen LogP contribution in [0.4, 0.5) is 0 Å². The Balaban J connectivity index is 0.000000112. The molecule has 0 bridgehead atoms. The molecule has 0 radical (unpaired) electrons. The van der Waals surface area contributed by atoms with Gasteiger partial charge in [0.1, 0.15) is 5.82 Å². The number of hydrogen-bond acceptors (Lipinski definition) is 1. The molecule has 2 aromatic heterocycles. The number of aromatic nitrogens is 3. The number of fused-ring (bicyclic) bond motifs is 10. The van der Waals surface area contributed by atoms with Gasteiger partial charge in [-0.3, -0.25) is 4.57 Å². The number of imidazole rings is 1. The van der Waals surface area contributed by atoms with E-state index in [4.69, 9.17) is 4.98 Å². The van der Waals surface area contributed by atoms with Crippen LogP contribution in [0, 0.1) is 6.92 Å². The average Bonchev–Trinajstić information content (AvgIpc) is 1.40. The van der Waals surface area contributed by atoms with Crippen LogP contribution in [-0.4, -0.2) is 14.1 Å². The lowest BCUT2D eigenvalue weighted by Crippen LogP contribution is -1.97. The predicted octanol–water partition coefficient (Wildman–Crippen LogP) is 31.2. The maximum atomic E-state index is 5.04. The minimum Gasteiger partial charge on any atom is -0.314 e. The minimum atomic E-state index is 0.945. The molecule has 21 aromatic carbocycles. The standard InChI is InChI=1S/C43H28N2.C41H29N.C30H20/c1-2-13-31(14-3-1)43-44-39-20-10-11-21-40(39)45(43)34-26-24-30(25-27-34)41-35-16-6-8-18-37(35)42(38-19-9-7-17-36(38)41)33-23-22-29-12-4-5-15-32(29)28-33;1-28-26-33-25-24-32(27-39(33)42(28)34-14-6-3-7-15-34)29-20-22-31(23-21-29)41-37-18-10-8-16-35(37)40(30-12-4-2-5-13-30)36-17-9-11-19-38(36)41;1-2-11-22(12-3-1)29-25-14-6-8-16-27(25)30(28-17-9-7-15-26(28)29)24-19-18-21-10-4-5-13-23(21)20-24/h1-28H;2-27H,1H3;1-20H. The third-order valence-electron chi connectivity index (χ3n) is 23.5. The molecule has 3 nitrogen and oxygen atoms in total. The summed E-state index contributed by atoms with van der Waals surface area (Å²) in [7, 11) is 0. The van der Waals surface area contributed by atoms with Crippen molar-refractivity contribution in [2.24, 2.45) is 0 Å². The lowest BCUT2D eigenvalue weighted by atomic mass is 9.85. The van der Waals surface area contributed by atoms with Gasteiger partial charge in [-0.15, -0.1) is 0 Å². The fraction of sp³-hybridized carbons (Fsp3) is 0.00877. The monoisotopic (exact) mass is 1490 g/mol. The van der Waals surface area contributed by atoms with Crippen molar-refractivity contribution < 1.29 is 0 Å². The first kappa shape index (κ1) is 69.6. The molecule has 0 amide bonds. The van der Waals surface area contributed by atoms with E-state index in [1.165, 1.54) is 186 Å². The molecule has 0 N–H and O–H groups in total. The normalized spacial score (nSPS) is 11.5. The third-order valence-corrected chi connectivity index (χ3v) is 23.5. The average molecular weight is 1490 g/mol. The third kappa shape index (κ3) is 12.6. The van der Waals surface area contributed by atoms with E-state index in [2.05, 4.69) is 459 Å². The molecule has 0 unspecified atom stereocenters. The van der Waals surface area contributed by atoms with Crippen molar-refractivity contribution in [1.29, 1.82) is 0 Å². The van der Waals surface area contributed by atoms with E-state index >= 15 is 0 Å². The number of hydrogen-bond donors (Lipinski definition) is 0. The van der Waals surface area contributed by atoms with Crippen LogP contribution in [0.15, 0.2) is 449 Å². The van der Waals surface area contributed by atoms with E-state index in [0.717, 1.165) is 28.1 Å². The molecule has 23 rings (SSSR count). The second-order valence-electron chi connectivity index (χ2n) is 30.4. The van der Waals surface area contributed by atoms with Crippen LogP contribution < -0.4 is 0 Å². The van der Waals surface area contributed by atoms with E-state index in [1.54, 1.807) is 0 Å². The number of benzene rings is 21. The second-order valence-corrected chi connectivity index (χ2v) is 30.4. The minimum absolute atomic E-state index is 0.945. The van der Waals surface area contributed by atoms with Gasteiger partial charge in [0.25, 0.3) is 0 Å². The van der Waals surface area contributed by atoms with Crippen LogP contribution in [-0.2, 0) is 0 Å². The van der Waals surface area contributed by atoms with Crippen LogP contribution in [0.1, 0.15) is 5.69 Å². The van der Waals surface area contributed by atoms with Crippen molar-refractivity contribution in [2.75, 3.05) is 0 Å². The van der Waals surface area contributed by atoms with Crippen LogP contribution in [0.5, 0.6) is 0 Å². The van der Waals surface area contributed by atoms with Gasteiger partial charge in [0, 0.05) is 28.0 Å². The molecular formula is C114H77N3. The largest absolute Gasteiger partial charge is 0.314 e. The van der Waals surface area contributed by atoms with Gasteiger partial charge in [-0.05, 0) is 232 Å². The highest BCUT2D eigenvalue weighted by atomic mass is 15.1. The van der Waals surface area contributed by atoms with Gasteiger partial charge >= 0.3 is 0 Å². The quantitative estimate of drug-likeness (QED) is 0.125. The van der Waals surface area contributed by atoms with Crippen LogP contribution >= 0.6 is 0 Å². The Morgan fingerprint density at radius 2 is 0.453 bits per heavy atom. The summed E-state index contributed by atoms with van der Waals surface area (Å²) in [6.45, 7) is 2.18. The molecule has 117 heavy (non-hydrogen) atoms. The SMILES string of the molecule is Cc1cc2ccc(-c3ccc(-c4c5ccccc5c(-c5ccccc5)c5ccccc45)cc3)cc2n1-c1ccccc1.c1ccc(-c2c3ccccc3c(-c3ccc4ccccc4c3)c3ccccc23)cc1.c1ccc(-c2nc3ccccc3n2-c2ccc(-c3c4ccccc4c(-c4ccc5ccccc5c4)c4ccccc34)cc2)cc1. The molecule has 548 valence electrons. The number of rotatable bonds is 10. The summed E-state index contributed by atoms with van der Waals surface area (Å²) in [6, 6.07) is 162. The van der Waals surface area contributed by atoms with Crippen LogP contribution in [0.25, 0.3) is 209 Å². The smallest absolute Gasteiger partial charge is 0.145 e. The predicted molar refractivity (Wildman–Crippen MR) is 499 cm³/mol. The first-order valence-electron chi connectivity index (χ1n) is 40.3. The molecule has 0 spiro atoms. The van der Waals surface area contributed by atoms with Gasteiger partial charge in [-0.2, -0.15) is 0 Å². The molecule has 0 atom stereocenters. The highest BCUT2D eigenvalue weighted by Crippen LogP contribution is 2.49. The first-order valence-corrected chi connectivity index (χ1v) is 40.3. The van der Waals surface area contributed by atoms with E-state index in [1.807, 2.05) is 6.07 Å². The number of nitrogens with zero attached hydrogens (tertiary/aromatic N) is 3. The Labute approximate surface area is 679 Å². The molecule has 0 aliphatic carbocycles. The zero-order chi connectivity index (χ0) is 77.7. The van der Waals surface area contributed by atoms with Crippen molar-refractivity contribution in [2.45, 2.75) is 6.92 Å². The summed E-state index contributed by atoms with van der Waals surface area (Å²) in [5.74, 6) is 0.945. The molecular weight excluding hydrogens is 1410 g/mol. The maximum absolute atomic E-state index is 5.04. The summed E-state index contributed by atoms with van der Waals surface area (Å²) in [5.41, 5.74) is 25.6. The topological polar surface area (TPSA) is 22.8 Å². The zero-order valence-electron chi connectivity index (χ0n) is 64.6. The first-order chi connectivity index (χ1) is 58.0. The Bertz CT molecular complexity index is 7540. The lowest BCUT2D eigenvalue weighted by Gasteiger charge is -2.18. The van der Waals surface area contributed by atoms with E-state index in [-0.39, 0.29) is 0 Å². The summed E-state index contributed by atoms with van der Waals surface area (Å²) >= 11 is 0. The van der Waals surface area contributed by atoms with Crippen molar-refractivity contribution >= 4 is 108 Å². The van der Waals surface area contributed by atoms with Crippen molar-refractivity contribution in [1.82, 2.24) is 14.1 Å². The Morgan fingerprint density at radius 3 is 0.863 bits per heavy atom. The fourth-order valence-electron chi connectivity index (χ4n) is 18.3. The summed E-state index contributed by atoms with van der Waals surface area (Å²) < 4.78 is 4.62. The summed E-state index contributed by atoms with van der Waals surface area (Å²) in [5, 5.41) is 21.7. The van der Waals surface area contributed by atoms with E-state index < -0.39 is 0 Å². The Morgan fingerprint density at radius 1 is 0.171 bits per heavy atom. The Kier molecular flexibility index (Phi) is 17.9. The van der Waals surface area contributed by atoms with E-state index in [0.29, 0.717) is 0 Å². The summed E-state index contributed by atoms with van der Waals surface area (Å²) in [4.78, 5) is 5.04. The second kappa shape index (κ2) is 30.0. The van der Waals surface area contributed by atoms with Gasteiger partial charge in [0.15, 0.2) is 0 Å². The van der Waals surface area contributed by atoms with Crippen molar-refractivity contribution in [3.05, 3.63) is 455 Å². The van der Waals surface area contributed by atoms with Gasteiger partial charge in [-0.1, -0.05) is 388 Å². The van der Waals surface area contributed by atoms with E-state index in [9.17, 15) is 0 Å². The maximum Gasteiger partial charge on any atom is 0.145 e. The molecule has 0 saturated heterocycles. The van der Waals surface area contributed by atoms with Crippen LogP contribution in [0.2, 0.25) is 0 Å². The van der Waals surface area contributed by atoms with Gasteiger partial charge in [0.2, 0.25) is 0 Å². The fourth-order valence-corrected chi connectivity index (χ4v) is 18.3. The number of aryl methyl sites for hydroxylation is 1. The number of para-hydroxylation sites is 3. The molecule has 23 aromatic rings. The molecule has 0 fully saturated rings. The summed E-state index contributed by atoms with van der Waals surface area (Å²) in [6.07, 6.45) is 0. The molecule has 0 saturated carbocycles. The lowest BCUT2D eigenvalue weighted by molar-refractivity contribution is 1.05. The molecule has 3 heteroatoms. The van der Waals surface area contributed by atoms with Crippen molar-refractivity contribution in [3.63, 3.8) is 0 Å². The Hall–Kier alpha value is -15.3. The van der Waals surface area contributed by atoms with Crippen LogP contribution in [0.3, 0.4) is 0 Å². The van der Waals surface area contributed by atoms with Crippen molar-refractivity contribution in [3.8, 4) is 101 Å². The van der Waals surface area contributed by atoms with Gasteiger partial charge < -0.3 is 4.57 Å². The van der Waals surface area contributed by atoms with Gasteiger partial charge in [0.05, 0.1) is 16.6 Å². The molecule has 0 aliphatic rings. The van der Waals surface area contributed by atoms with Gasteiger partial charge in [-0.25, -0.2) is 4.98 Å².